The van der Waals surface area contributed by atoms with Gasteiger partial charge in [-0.3, -0.25) is 14.2 Å². The highest BCUT2D eigenvalue weighted by molar-refractivity contribution is 6.31. The second-order valence-corrected chi connectivity index (χ2v) is 6.09. The molecule has 1 N–H and O–H groups in total. The SMILES string of the molecule is Cc1nn(C)c(-n2ccc3cc(Cl)ccc32)c1C=Cc1noc(=O)[nH]1. The van der Waals surface area contributed by atoms with E-state index < -0.39 is 5.76 Å². The van der Waals surface area contributed by atoms with Crippen LogP contribution in [-0.4, -0.2) is 24.5 Å². The van der Waals surface area contributed by atoms with Gasteiger partial charge in [-0.2, -0.15) is 5.10 Å². The van der Waals surface area contributed by atoms with Gasteiger partial charge in [0.05, 0.1) is 11.2 Å². The minimum atomic E-state index is -0.587. The normalized spacial score (nSPS) is 11.8. The molecule has 25 heavy (non-hydrogen) atoms. The number of aromatic amines is 1. The molecule has 0 aliphatic rings. The number of H-pyrrole nitrogens is 1. The van der Waals surface area contributed by atoms with E-state index >= 15 is 0 Å². The van der Waals surface area contributed by atoms with Gasteiger partial charge >= 0.3 is 5.76 Å². The predicted molar refractivity (Wildman–Crippen MR) is 95.8 cm³/mol. The fourth-order valence-electron chi connectivity index (χ4n) is 2.92. The molecule has 0 aliphatic heterocycles. The molecule has 126 valence electrons. The van der Waals surface area contributed by atoms with Crippen molar-refractivity contribution in [2.24, 2.45) is 7.05 Å². The maximum Gasteiger partial charge on any atom is 0.439 e. The van der Waals surface area contributed by atoms with Crippen LogP contribution in [0.2, 0.25) is 5.02 Å². The van der Waals surface area contributed by atoms with Gasteiger partial charge in [-0.25, -0.2) is 4.79 Å². The minimum absolute atomic E-state index is 0.350. The Morgan fingerprint density at radius 3 is 2.88 bits per heavy atom. The smallest absolute Gasteiger partial charge is 0.301 e. The molecule has 0 spiro atoms. The highest BCUT2D eigenvalue weighted by Gasteiger charge is 2.15. The molecule has 0 saturated heterocycles. The summed E-state index contributed by atoms with van der Waals surface area (Å²) in [4.78, 5) is 13.5. The standard InChI is InChI=1S/C17H14ClN5O2/c1-10-13(4-6-15-19-17(24)25-21-15)16(22(2)20-10)23-8-7-11-9-12(18)3-5-14(11)23/h3-9H,1-2H3,(H,19,21,24). The molecule has 3 aromatic heterocycles. The average Bonchev–Trinajstić information content (AvgIpc) is 3.23. The molecular weight excluding hydrogens is 342 g/mol. The Balaban J connectivity index is 1.87. The monoisotopic (exact) mass is 355 g/mol. The number of nitrogens with zero attached hydrogens (tertiary/aromatic N) is 4. The van der Waals surface area contributed by atoms with Crippen LogP contribution in [-0.2, 0) is 7.05 Å². The first-order valence-electron chi connectivity index (χ1n) is 7.57. The van der Waals surface area contributed by atoms with Crippen LogP contribution >= 0.6 is 11.6 Å². The lowest BCUT2D eigenvalue weighted by Crippen LogP contribution is -2.02. The summed E-state index contributed by atoms with van der Waals surface area (Å²) >= 11 is 6.08. The van der Waals surface area contributed by atoms with E-state index in [-0.39, 0.29) is 0 Å². The van der Waals surface area contributed by atoms with Crippen molar-refractivity contribution in [3.8, 4) is 5.82 Å². The fourth-order valence-corrected chi connectivity index (χ4v) is 3.10. The third-order valence-corrected chi connectivity index (χ3v) is 4.22. The Morgan fingerprint density at radius 1 is 1.28 bits per heavy atom. The summed E-state index contributed by atoms with van der Waals surface area (Å²) in [6.45, 7) is 1.93. The number of aromatic nitrogens is 5. The van der Waals surface area contributed by atoms with Crippen LogP contribution in [0.1, 0.15) is 17.1 Å². The van der Waals surface area contributed by atoms with Crippen molar-refractivity contribution in [3.05, 3.63) is 63.1 Å². The van der Waals surface area contributed by atoms with Gasteiger partial charge in [-0.15, -0.1) is 0 Å². The van der Waals surface area contributed by atoms with Crippen LogP contribution in [0.3, 0.4) is 0 Å². The minimum Gasteiger partial charge on any atom is -0.301 e. The third kappa shape index (κ3) is 2.68. The van der Waals surface area contributed by atoms with Gasteiger partial charge in [0.15, 0.2) is 5.82 Å². The van der Waals surface area contributed by atoms with Crippen LogP contribution in [0, 0.1) is 6.92 Å². The molecule has 1 aromatic carbocycles. The largest absolute Gasteiger partial charge is 0.439 e. The molecule has 4 aromatic rings. The van der Waals surface area contributed by atoms with Crippen LogP contribution < -0.4 is 5.76 Å². The zero-order valence-corrected chi connectivity index (χ0v) is 14.3. The summed E-state index contributed by atoms with van der Waals surface area (Å²) in [7, 11) is 1.89. The van der Waals surface area contributed by atoms with Crippen LogP contribution in [0.4, 0.5) is 0 Å². The molecule has 0 unspecified atom stereocenters. The summed E-state index contributed by atoms with van der Waals surface area (Å²) in [5.41, 5.74) is 2.80. The molecule has 0 bridgehead atoms. The van der Waals surface area contributed by atoms with Gasteiger partial charge in [0.1, 0.15) is 5.82 Å². The van der Waals surface area contributed by atoms with E-state index in [1.807, 2.05) is 55.2 Å². The maximum atomic E-state index is 11.1. The number of rotatable bonds is 3. The first kappa shape index (κ1) is 15.5. The van der Waals surface area contributed by atoms with Crippen LogP contribution in [0.5, 0.6) is 0 Å². The topological polar surface area (TPSA) is 81.6 Å². The Bertz CT molecular complexity index is 1160. The Hall–Kier alpha value is -3.06. The van der Waals surface area contributed by atoms with Gasteiger partial charge in [0.2, 0.25) is 0 Å². The number of hydrogen-bond donors (Lipinski definition) is 1. The molecule has 0 radical (unpaired) electrons. The maximum absolute atomic E-state index is 11.1. The zero-order valence-electron chi connectivity index (χ0n) is 13.5. The van der Waals surface area contributed by atoms with Crippen molar-refractivity contribution in [1.29, 1.82) is 0 Å². The quantitative estimate of drug-likeness (QED) is 0.612. The van der Waals surface area contributed by atoms with Gasteiger partial charge in [0, 0.05) is 29.2 Å². The van der Waals surface area contributed by atoms with Gasteiger partial charge in [-0.05, 0) is 43.3 Å². The summed E-state index contributed by atoms with van der Waals surface area (Å²) in [5, 5.41) is 9.89. The highest BCUT2D eigenvalue weighted by atomic mass is 35.5. The van der Waals surface area contributed by atoms with E-state index in [0.717, 1.165) is 28.0 Å². The Morgan fingerprint density at radius 2 is 2.12 bits per heavy atom. The number of fused-ring (bicyclic) bond motifs is 1. The van der Waals surface area contributed by atoms with Crippen molar-refractivity contribution in [2.45, 2.75) is 6.92 Å². The van der Waals surface area contributed by atoms with E-state index in [4.69, 9.17) is 11.6 Å². The number of halogens is 1. The second kappa shape index (κ2) is 5.78. The van der Waals surface area contributed by atoms with E-state index in [2.05, 4.69) is 24.3 Å². The lowest BCUT2D eigenvalue weighted by atomic mass is 10.2. The molecule has 3 heterocycles. The van der Waals surface area contributed by atoms with E-state index in [1.165, 1.54) is 0 Å². The van der Waals surface area contributed by atoms with Gasteiger partial charge < -0.3 is 4.57 Å². The van der Waals surface area contributed by atoms with Crippen molar-refractivity contribution >= 4 is 34.7 Å². The van der Waals surface area contributed by atoms with Gasteiger partial charge in [0.25, 0.3) is 0 Å². The molecule has 0 saturated carbocycles. The van der Waals surface area contributed by atoms with Crippen molar-refractivity contribution in [2.75, 3.05) is 0 Å². The summed E-state index contributed by atoms with van der Waals surface area (Å²) in [5.74, 6) is 0.663. The van der Waals surface area contributed by atoms with E-state index in [0.29, 0.717) is 10.8 Å². The van der Waals surface area contributed by atoms with Crippen LogP contribution in [0.15, 0.2) is 39.8 Å². The number of hydrogen-bond acceptors (Lipinski definition) is 4. The first-order chi connectivity index (χ1) is 12.0. The average molecular weight is 356 g/mol. The molecule has 7 nitrogen and oxygen atoms in total. The van der Waals surface area contributed by atoms with Crippen molar-refractivity contribution < 1.29 is 4.52 Å². The first-order valence-corrected chi connectivity index (χ1v) is 7.95. The predicted octanol–water partition coefficient (Wildman–Crippen LogP) is 3.17. The molecule has 0 atom stereocenters. The summed E-state index contributed by atoms with van der Waals surface area (Å²) in [6.07, 6.45) is 5.51. The molecule has 0 amide bonds. The van der Waals surface area contributed by atoms with Crippen molar-refractivity contribution in [3.63, 3.8) is 0 Å². The summed E-state index contributed by atoms with van der Waals surface area (Å²) < 4.78 is 8.38. The number of nitrogens with one attached hydrogen (secondary N) is 1. The number of aryl methyl sites for hydroxylation is 2. The third-order valence-electron chi connectivity index (χ3n) is 3.98. The molecular formula is C17H14ClN5O2. The highest BCUT2D eigenvalue weighted by Crippen LogP contribution is 2.27. The van der Waals surface area contributed by atoms with Crippen LogP contribution in [0.25, 0.3) is 28.9 Å². The molecule has 8 heteroatoms. The summed E-state index contributed by atoms with van der Waals surface area (Å²) in [6, 6.07) is 7.76. The number of benzene rings is 1. The zero-order chi connectivity index (χ0) is 17.6. The molecule has 0 aliphatic carbocycles. The van der Waals surface area contributed by atoms with E-state index in [9.17, 15) is 4.79 Å². The fraction of sp³-hybridized carbons (Fsp3) is 0.118. The van der Waals surface area contributed by atoms with E-state index in [1.54, 1.807) is 6.08 Å². The second-order valence-electron chi connectivity index (χ2n) is 5.65. The molecule has 0 fully saturated rings. The lowest BCUT2D eigenvalue weighted by molar-refractivity contribution is 0.385. The van der Waals surface area contributed by atoms with Crippen molar-refractivity contribution in [1.82, 2.24) is 24.5 Å². The Kier molecular flexibility index (Phi) is 3.58. The lowest BCUT2D eigenvalue weighted by Gasteiger charge is -2.08. The molecule has 4 rings (SSSR count). The van der Waals surface area contributed by atoms with Gasteiger partial charge in [-0.1, -0.05) is 16.8 Å². The Labute approximate surface area is 147 Å².